The Morgan fingerprint density at radius 3 is 2.40 bits per heavy atom. The van der Waals surface area contributed by atoms with Crippen molar-refractivity contribution in [1.29, 1.82) is 0 Å². The fraction of sp³-hybridized carbons (Fsp3) is 0.385. The first-order valence-corrected chi connectivity index (χ1v) is 5.43. The summed E-state index contributed by atoms with van der Waals surface area (Å²) in [7, 11) is 1.93. The third-order valence-corrected chi connectivity index (χ3v) is 2.43. The van der Waals surface area contributed by atoms with E-state index in [0.717, 1.165) is 34.7 Å². The molecule has 0 spiro atoms. The fourth-order valence-corrected chi connectivity index (χ4v) is 1.77. The minimum Gasteiger partial charge on any atom is -0.319 e. The molecule has 0 amide bonds. The molecule has 0 saturated heterocycles. The van der Waals surface area contributed by atoms with Crippen LogP contribution in [0.2, 0.25) is 5.02 Å². The second-order valence-electron chi connectivity index (χ2n) is 3.57. The van der Waals surface area contributed by atoms with Crippen molar-refractivity contribution in [2.75, 3.05) is 13.6 Å². The van der Waals surface area contributed by atoms with Gasteiger partial charge in [0.2, 0.25) is 0 Å². The van der Waals surface area contributed by atoms with Gasteiger partial charge in [-0.3, -0.25) is 0 Å². The molecule has 0 unspecified atom stereocenters. The van der Waals surface area contributed by atoms with E-state index in [1.807, 2.05) is 33.0 Å². The Bertz CT molecular complexity index is 376. The van der Waals surface area contributed by atoms with Gasteiger partial charge in [0, 0.05) is 23.6 Å². The molecular formula is C13H16ClN. The highest BCUT2D eigenvalue weighted by atomic mass is 35.5. The number of nitrogens with one attached hydrogen (secondary N) is 1. The molecule has 1 N–H and O–H groups in total. The van der Waals surface area contributed by atoms with Crippen molar-refractivity contribution in [3.05, 3.63) is 33.8 Å². The Morgan fingerprint density at radius 1 is 1.27 bits per heavy atom. The van der Waals surface area contributed by atoms with Crippen LogP contribution in [0.4, 0.5) is 0 Å². The van der Waals surface area contributed by atoms with Crippen LogP contribution in [0.15, 0.2) is 12.1 Å². The van der Waals surface area contributed by atoms with E-state index in [1.54, 1.807) is 0 Å². The zero-order valence-electron chi connectivity index (χ0n) is 9.45. The number of aryl methyl sites for hydroxylation is 2. The van der Waals surface area contributed by atoms with Crippen molar-refractivity contribution in [3.63, 3.8) is 0 Å². The summed E-state index contributed by atoms with van der Waals surface area (Å²) in [5, 5.41) is 3.85. The van der Waals surface area contributed by atoms with Gasteiger partial charge in [-0.15, -0.1) is 0 Å². The van der Waals surface area contributed by atoms with Crippen molar-refractivity contribution in [2.24, 2.45) is 0 Å². The van der Waals surface area contributed by atoms with Crippen LogP contribution in [0.3, 0.4) is 0 Å². The zero-order chi connectivity index (χ0) is 11.3. The van der Waals surface area contributed by atoms with Crippen LogP contribution in [0, 0.1) is 25.7 Å². The second-order valence-corrected chi connectivity index (χ2v) is 4.01. The van der Waals surface area contributed by atoms with Gasteiger partial charge in [-0.05, 0) is 44.2 Å². The smallest absolute Gasteiger partial charge is 0.0412 e. The molecule has 0 aliphatic rings. The largest absolute Gasteiger partial charge is 0.319 e. The van der Waals surface area contributed by atoms with Crippen LogP contribution < -0.4 is 5.32 Å². The molecule has 1 aromatic carbocycles. The van der Waals surface area contributed by atoms with E-state index >= 15 is 0 Å². The summed E-state index contributed by atoms with van der Waals surface area (Å²) in [4.78, 5) is 0. The van der Waals surface area contributed by atoms with Gasteiger partial charge in [-0.25, -0.2) is 0 Å². The standard InChI is InChI=1S/C13H16ClN/c1-10-8-12(14)9-11(2)13(10)6-4-5-7-15-3/h8-9,15H,5,7H2,1-3H3. The van der Waals surface area contributed by atoms with Crippen LogP contribution in [-0.2, 0) is 0 Å². The minimum absolute atomic E-state index is 0.783. The molecule has 2 heteroatoms. The lowest BCUT2D eigenvalue weighted by molar-refractivity contribution is 0.818. The molecule has 0 bridgehead atoms. The summed E-state index contributed by atoms with van der Waals surface area (Å²) in [6.07, 6.45) is 0.873. The zero-order valence-corrected chi connectivity index (χ0v) is 10.2. The van der Waals surface area contributed by atoms with Crippen LogP contribution in [0.1, 0.15) is 23.1 Å². The van der Waals surface area contributed by atoms with Gasteiger partial charge in [0.25, 0.3) is 0 Å². The summed E-state index contributed by atoms with van der Waals surface area (Å²) < 4.78 is 0. The molecule has 0 aromatic heterocycles. The summed E-state index contributed by atoms with van der Waals surface area (Å²) in [6.45, 7) is 5.01. The van der Waals surface area contributed by atoms with E-state index in [0.29, 0.717) is 0 Å². The minimum atomic E-state index is 0.783. The molecule has 1 aromatic rings. The Hall–Kier alpha value is -0.970. The molecule has 15 heavy (non-hydrogen) atoms. The maximum Gasteiger partial charge on any atom is 0.0412 e. The summed E-state index contributed by atoms with van der Waals surface area (Å²) in [6, 6.07) is 3.91. The van der Waals surface area contributed by atoms with Gasteiger partial charge in [0.15, 0.2) is 0 Å². The van der Waals surface area contributed by atoms with Gasteiger partial charge in [0.1, 0.15) is 0 Å². The van der Waals surface area contributed by atoms with E-state index in [2.05, 4.69) is 17.2 Å². The van der Waals surface area contributed by atoms with Crippen molar-refractivity contribution >= 4 is 11.6 Å². The third-order valence-electron chi connectivity index (χ3n) is 2.21. The lowest BCUT2D eigenvalue weighted by atomic mass is 10.0. The predicted octanol–water partition coefficient (Wildman–Crippen LogP) is 2.92. The maximum absolute atomic E-state index is 5.95. The normalized spacial score (nSPS) is 9.60. The highest BCUT2D eigenvalue weighted by Gasteiger charge is 2.00. The highest BCUT2D eigenvalue weighted by molar-refractivity contribution is 6.30. The van der Waals surface area contributed by atoms with Crippen LogP contribution in [-0.4, -0.2) is 13.6 Å². The fourth-order valence-electron chi connectivity index (χ4n) is 1.45. The average molecular weight is 222 g/mol. The van der Waals surface area contributed by atoms with E-state index in [-0.39, 0.29) is 0 Å². The van der Waals surface area contributed by atoms with E-state index < -0.39 is 0 Å². The van der Waals surface area contributed by atoms with Crippen molar-refractivity contribution in [2.45, 2.75) is 20.3 Å². The first kappa shape index (κ1) is 12.1. The Balaban J connectivity index is 2.88. The number of hydrogen-bond acceptors (Lipinski definition) is 1. The molecule has 80 valence electrons. The quantitative estimate of drug-likeness (QED) is 0.598. The van der Waals surface area contributed by atoms with Gasteiger partial charge in [-0.2, -0.15) is 0 Å². The average Bonchev–Trinajstić information content (AvgIpc) is 2.15. The van der Waals surface area contributed by atoms with Crippen LogP contribution >= 0.6 is 11.6 Å². The molecule has 1 rings (SSSR count). The van der Waals surface area contributed by atoms with Gasteiger partial charge in [-0.1, -0.05) is 23.4 Å². The molecule has 0 heterocycles. The number of halogens is 1. The van der Waals surface area contributed by atoms with E-state index in [9.17, 15) is 0 Å². The van der Waals surface area contributed by atoms with E-state index in [4.69, 9.17) is 11.6 Å². The number of benzene rings is 1. The Kier molecular flexibility index (Phi) is 4.68. The molecule has 0 aliphatic carbocycles. The third kappa shape index (κ3) is 3.58. The van der Waals surface area contributed by atoms with Crippen molar-refractivity contribution < 1.29 is 0 Å². The Labute approximate surface area is 96.8 Å². The van der Waals surface area contributed by atoms with Gasteiger partial charge >= 0.3 is 0 Å². The summed E-state index contributed by atoms with van der Waals surface area (Å²) in [5.74, 6) is 6.34. The Morgan fingerprint density at radius 2 is 1.87 bits per heavy atom. The highest BCUT2D eigenvalue weighted by Crippen LogP contribution is 2.18. The maximum atomic E-state index is 5.95. The lowest BCUT2D eigenvalue weighted by Gasteiger charge is -2.03. The lowest BCUT2D eigenvalue weighted by Crippen LogP contribution is -2.05. The summed E-state index contributed by atoms with van der Waals surface area (Å²) in [5.41, 5.74) is 3.41. The molecule has 0 saturated carbocycles. The number of rotatable bonds is 2. The van der Waals surface area contributed by atoms with Crippen LogP contribution in [0.25, 0.3) is 0 Å². The van der Waals surface area contributed by atoms with Gasteiger partial charge < -0.3 is 5.32 Å². The molecular weight excluding hydrogens is 206 g/mol. The topological polar surface area (TPSA) is 12.0 Å². The number of hydrogen-bond donors (Lipinski definition) is 1. The second kappa shape index (κ2) is 5.80. The first-order chi connectivity index (χ1) is 7.15. The molecule has 0 fully saturated rings. The molecule has 0 aliphatic heterocycles. The van der Waals surface area contributed by atoms with Crippen molar-refractivity contribution in [1.82, 2.24) is 5.32 Å². The molecule has 0 radical (unpaired) electrons. The molecule has 0 atom stereocenters. The van der Waals surface area contributed by atoms with Crippen LogP contribution in [0.5, 0.6) is 0 Å². The summed E-state index contributed by atoms with van der Waals surface area (Å²) >= 11 is 5.95. The van der Waals surface area contributed by atoms with Gasteiger partial charge in [0.05, 0.1) is 0 Å². The van der Waals surface area contributed by atoms with Crippen molar-refractivity contribution in [3.8, 4) is 11.8 Å². The van der Waals surface area contributed by atoms with E-state index in [1.165, 1.54) is 0 Å². The monoisotopic (exact) mass is 221 g/mol. The predicted molar refractivity (Wildman–Crippen MR) is 66.3 cm³/mol. The SMILES string of the molecule is CNCCC#Cc1c(C)cc(Cl)cc1C. The first-order valence-electron chi connectivity index (χ1n) is 5.05. The molecule has 1 nitrogen and oxygen atoms in total.